The van der Waals surface area contributed by atoms with Gasteiger partial charge in [0.2, 0.25) is 15.9 Å². The van der Waals surface area contributed by atoms with Crippen LogP contribution < -0.4 is 0 Å². The molecule has 2 fully saturated rings. The standard InChI is InChI=1S/C22H28ClN3O3S/c1-17-20(23)8-5-9-21(17)30(28,29)26-13-6-7-18(15-26)22(27)25-14-10-19(16-25)24-11-3-2-4-12-24/h2-5,8-9,11,18-19H,6-7,10,12-16H2,1H3/t18-,19+/m0/s1. The molecule has 1 amide bonds. The molecule has 1 aromatic carbocycles. The molecular weight excluding hydrogens is 422 g/mol. The molecule has 3 heterocycles. The number of benzene rings is 1. The summed E-state index contributed by atoms with van der Waals surface area (Å²) in [6.07, 6.45) is 10.6. The van der Waals surface area contributed by atoms with Gasteiger partial charge in [-0.05, 0) is 56.2 Å². The highest BCUT2D eigenvalue weighted by Crippen LogP contribution is 2.30. The number of hydrogen-bond donors (Lipinski definition) is 0. The average molecular weight is 450 g/mol. The van der Waals surface area contributed by atoms with Crippen LogP contribution in [0.4, 0.5) is 0 Å². The first-order valence-corrected chi connectivity index (χ1v) is 12.3. The van der Waals surface area contributed by atoms with Crippen LogP contribution >= 0.6 is 11.6 Å². The first kappa shape index (κ1) is 21.4. The Morgan fingerprint density at radius 1 is 1.13 bits per heavy atom. The number of nitrogens with zero attached hydrogens (tertiary/aromatic N) is 3. The molecule has 0 N–H and O–H groups in total. The number of likely N-dealkylation sites (tertiary alicyclic amines) is 1. The van der Waals surface area contributed by atoms with Crippen molar-refractivity contribution in [3.05, 3.63) is 53.2 Å². The number of carbonyl (C=O) groups excluding carboxylic acids is 1. The first-order chi connectivity index (χ1) is 14.4. The highest BCUT2D eigenvalue weighted by molar-refractivity contribution is 7.89. The number of allylic oxidation sites excluding steroid dienone is 2. The van der Waals surface area contributed by atoms with E-state index in [4.69, 9.17) is 11.6 Å². The SMILES string of the molecule is Cc1c(Cl)cccc1S(=O)(=O)N1CCC[C@H](C(=O)N2CC[C@@H](N3C=CC=CC3)C2)C1. The topological polar surface area (TPSA) is 60.9 Å². The van der Waals surface area contributed by atoms with Crippen LogP contribution in [0, 0.1) is 12.8 Å². The van der Waals surface area contributed by atoms with E-state index in [1.165, 1.54) is 4.31 Å². The summed E-state index contributed by atoms with van der Waals surface area (Å²) in [7, 11) is -3.68. The summed E-state index contributed by atoms with van der Waals surface area (Å²) in [6, 6.07) is 5.26. The van der Waals surface area contributed by atoms with Crippen molar-refractivity contribution in [2.75, 3.05) is 32.7 Å². The summed E-state index contributed by atoms with van der Waals surface area (Å²) < 4.78 is 27.9. The quantitative estimate of drug-likeness (QED) is 0.708. The smallest absolute Gasteiger partial charge is 0.243 e. The summed E-state index contributed by atoms with van der Waals surface area (Å²) in [5, 5.41) is 0.436. The second-order valence-electron chi connectivity index (χ2n) is 8.26. The molecule has 0 unspecified atom stereocenters. The van der Waals surface area contributed by atoms with Gasteiger partial charge in [0.25, 0.3) is 0 Å². The van der Waals surface area contributed by atoms with Crippen molar-refractivity contribution in [2.45, 2.75) is 37.1 Å². The largest absolute Gasteiger partial charge is 0.369 e. The van der Waals surface area contributed by atoms with E-state index in [2.05, 4.69) is 17.2 Å². The highest BCUT2D eigenvalue weighted by Gasteiger charge is 2.38. The number of carbonyl (C=O) groups is 1. The molecule has 1 aromatic rings. The summed E-state index contributed by atoms with van der Waals surface area (Å²) in [5.74, 6) is -0.208. The predicted molar refractivity (Wildman–Crippen MR) is 118 cm³/mol. The molecule has 6 nitrogen and oxygen atoms in total. The number of amides is 1. The Hall–Kier alpha value is -1.83. The first-order valence-electron chi connectivity index (χ1n) is 10.5. The summed E-state index contributed by atoms with van der Waals surface area (Å²) in [5.41, 5.74) is 0.554. The molecule has 0 aromatic heterocycles. The summed E-state index contributed by atoms with van der Waals surface area (Å²) in [6.45, 7) is 4.70. The Morgan fingerprint density at radius 3 is 2.73 bits per heavy atom. The van der Waals surface area contributed by atoms with Crippen LogP contribution in [-0.4, -0.2) is 67.2 Å². The fourth-order valence-corrected chi connectivity index (χ4v) is 6.59. The van der Waals surface area contributed by atoms with E-state index in [0.29, 0.717) is 36.1 Å². The Kier molecular flexibility index (Phi) is 6.23. The van der Waals surface area contributed by atoms with Crippen molar-refractivity contribution in [1.82, 2.24) is 14.1 Å². The van der Waals surface area contributed by atoms with Gasteiger partial charge in [0.1, 0.15) is 0 Å². The third kappa shape index (κ3) is 4.15. The maximum absolute atomic E-state index is 13.2. The number of sulfonamides is 1. The summed E-state index contributed by atoms with van der Waals surface area (Å²) >= 11 is 6.15. The maximum atomic E-state index is 13.2. The van der Waals surface area contributed by atoms with E-state index in [-0.39, 0.29) is 23.3 Å². The van der Waals surface area contributed by atoms with Crippen molar-refractivity contribution in [3.8, 4) is 0 Å². The minimum Gasteiger partial charge on any atom is -0.369 e. The fraction of sp³-hybridized carbons (Fsp3) is 0.500. The molecule has 4 rings (SSSR count). The van der Waals surface area contributed by atoms with Crippen LogP contribution in [0.5, 0.6) is 0 Å². The highest BCUT2D eigenvalue weighted by atomic mass is 35.5. The van der Waals surface area contributed by atoms with Crippen LogP contribution in [-0.2, 0) is 14.8 Å². The van der Waals surface area contributed by atoms with Crippen molar-refractivity contribution >= 4 is 27.5 Å². The lowest BCUT2D eigenvalue weighted by Gasteiger charge is -2.34. The molecule has 2 atom stereocenters. The van der Waals surface area contributed by atoms with Crippen LogP contribution in [0.25, 0.3) is 0 Å². The maximum Gasteiger partial charge on any atom is 0.243 e. The molecule has 30 heavy (non-hydrogen) atoms. The van der Waals surface area contributed by atoms with Gasteiger partial charge in [-0.15, -0.1) is 0 Å². The van der Waals surface area contributed by atoms with Crippen molar-refractivity contribution < 1.29 is 13.2 Å². The molecule has 0 saturated carbocycles. The molecular formula is C22H28ClN3O3S. The average Bonchev–Trinajstić information content (AvgIpc) is 3.26. The normalized spacial score (nSPS) is 25.1. The molecule has 3 aliphatic heterocycles. The number of hydrogen-bond acceptors (Lipinski definition) is 4. The van der Waals surface area contributed by atoms with Gasteiger partial charge in [-0.3, -0.25) is 4.79 Å². The Balaban J connectivity index is 1.44. The lowest BCUT2D eigenvalue weighted by Crippen LogP contribution is -2.47. The van der Waals surface area contributed by atoms with E-state index >= 15 is 0 Å². The van der Waals surface area contributed by atoms with Crippen molar-refractivity contribution in [3.63, 3.8) is 0 Å². The zero-order valence-corrected chi connectivity index (χ0v) is 18.8. The Bertz CT molecular complexity index is 976. The fourth-order valence-electron chi connectivity index (χ4n) is 4.59. The zero-order chi connectivity index (χ0) is 21.3. The zero-order valence-electron chi connectivity index (χ0n) is 17.2. The van der Waals surface area contributed by atoms with Gasteiger partial charge in [-0.2, -0.15) is 4.31 Å². The van der Waals surface area contributed by atoms with Gasteiger partial charge >= 0.3 is 0 Å². The van der Waals surface area contributed by atoms with Crippen LogP contribution in [0.15, 0.2) is 47.5 Å². The summed E-state index contributed by atoms with van der Waals surface area (Å²) in [4.78, 5) is 17.6. The molecule has 3 aliphatic rings. The molecule has 2 saturated heterocycles. The van der Waals surface area contributed by atoms with Gasteiger partial charge in [0, 0.05) is 43.8 Å². The van der Waals surface area contributed by atoms with Crippen LogP contribution in [0.2, 0.25) is 5.02 Å². The lowest BCUT2D eigenvalue weighted by molar-refractivity contribution is -0.135. The van der Waals surface area contributed by atoms with Crippen molar-refractivity contribution in [1.29, 1.82) is 0 Å². The minimum atomic E-state index is -3.68. The molecule has 0 spiro atoms. The monoisotopic (exact) mass is 449 g/mol. The predicted octanol–water partition coefficient (Wildman–Crippen LogP) is 3.04. The lowest BCUT2D eigenvalue weighted by atomic mass is 9.98. The van der Waals surface area contributed by atoms with Crippen LogP contribution in [0.1, 0.15) is 24.8 Å². The van der Waals surface area contributed by atoms with Gasteiger partial charge < -0.3 is 9.80 Å². The van der Waals surface area contributed by atoms with Gasteiger partial charge in [0.05, 0.1) is 10.8 Å². The molecule has 0 aliphatic carbocycles. The Labute approximate surface area is 183 Å². The molecule has 0 bridgehead atoms. The third-order valence-electron chi connectivity index (χ3n) is 6.35. The number of rotatable bonds is 4. The number of halogens is 1. The Morgan fingerprint density at radius 2 is 1.97 bits per heavy atom. The molecule has 162 valence electrons. The van der Waals surface area contributed by atoms with E-state index in [1.807, 2.05) is 17.1 Å². The van der Waals surface area contributed by atoms with Gasteiger partial charge in [0.15, 0.2) is 0 Å². The van der Waals surface area contributed by atoms with Gasteiger partial charge in [-0.25, -0.2) is 8.42 Å². The second kappa shape index (κ2) is 8.73. The molecule has 8 heteroatoms. The second-order valence-corrected chi connectivity index (χ2v) is 10.6. The minimum absolute atomic E-state index is 0.0803. The van der Waals surface area contributed by atoms with E-state index in [9.17, 15) is 13.2 Å². The van der Waals surface area contributed by atoms with E-state index in [0.717, 1.165) is 25.9 Å². The van der Waals surface area contributed by atoms with Crippen LogP contribution in [0.3, 0.4) is 0 Å². The number of piperidine rings is 1. The van der Waals surface area contributed by atoms with E-state index in [1.54, 1.807) is 25.1 Å². The third-order valence-corrected chi connectivity index (χ3v) is 8.77. The molecule has 0 radical (unpaired) electrons. The van der Waals surface area contributed by atoms with Gasteiger partial charge in [-0.1, -0.05) is 29.8 Å². The van der Waals surface area contributed by atoms with E-state index < -0.39 is 10.0 Å². The van der Waals surface area contributed by atoms with Crippen molar-refractivity contribution in [2.24, 2.45) is 5.92 Å².